The fraction of sp³-hybridized carbons (Fsp3) is 0.312. The molecule has 0 fully saturated rings. The predicted molar refractivity (Wildman–Crippen MR) is 82.0 cm³/mol. The third-order valence-corrected chi connectivity index (χ3v) is 4.68. The summed E-state index contributed by atoms with van der Waals surface area (Å²) >= 11 is 1.44. The van der Waals surface area contributed by atoms with Crippen molar-refractivity contribution in [2.75, 3.05) is 13.7 Å². The summed E-state index contributed by atoms with van der Waals surface area (Å²) in [6.07, 6.45) is 1.05. The average molecular weight is 303 g/mol. The highest BCUT2D eigenvalue weighted by molar-refractivity contribution is 7.10. The summed E-state index contributed by atoms with van der Waals surface area (Å²) in [5.41, 5.74) is 2.42. The van der Waals surface area contributed by atoms with Crippen molar-refractivity contribution in [1.29, 1.82) is 0 Å². The summed E-state index contributed by atoms with van der Waals surface area (Å²) in [4.78, 5) is 12.8. The second-order valence-electron chi connectivity index (χ2n) is 5.03. The van der Waals surface area contributed by atoms with Crippen molar-refractivity contribution in [2.45, 2.75) is 18.9 Å². The van der Waals surface area contributed by atoms with Crippen molar-refractivity contribution < 1.29 is 14.6 Å². The van der Waals surface area contributed by atoms with Crippen LogP contribution in [0.5, 0.6) is 5.75 Å². The van der Waals surface area contributed by atoms with E-state index in [9.17, 15) is 9.90 Å². The molecule has 1 aliphatic rings. The van der Waals surface area contributed by atoms with E-state index in [0.717, 1.165) is 23.3 Å². The Hall–Kier alpha value is -1.85. The predicted octanol–water partition coefficient (Wildman–Crippen LogP) is 2.51. The van der Waals surface area contributed by atoms with E-state index in [-0.39, 0.29) is 5.91 Å². The molecule has 4 nitrogen and oxygen atoms in total. The molecule has 1 amide bonds. The van der Waals surface area contributed by atoms with Gasteiger partial charge in [0.05, 0.1) is 12.0 Å². The monoisotopic (exact) mass is 303 g/mol. The van der Waals surface area contributed by atoms with Gasteiger partial charge in [-0.15, -0.1) is 11.3 Å². The number of aliphatic hydroxyl groups is 1. The molecular weight excluding hydrogens is 286 g/mol. The number of thiophene rings is 1. The van der Waals surface area contributed by atoms with Gasteiger partial charge in [0, 0.05) is 12.1 Å². The molecule has 1 aliphatic heterocycles. The molecule has 1 atom stereocenters. The number of carbonyl (C=O) groups is 1. The average Bonchev–Trinajstić information content (AvgIpc) is 2.91. The molecule has 110 valence electrons. The zero-order chi connectivity index (χ0) is 14.8. The highest BCUT2D eigenvalue weighted by Crippen LogP contribution is 2.35. The van der Waals surface area contributed by atoms with Crippen LogP contribution < -0.4 is 10.1 Å². The molecule has 0 aliphatic carbocycles. The van der Waals surface area contributed by atoms with E-state index >= 15 is 0 Å². The number of methoxy groups -OCH3 is 1. The number of amides is 1. The molecule has 2 N–H and O–H groups in total. The maximum Gasteiger partial charge on any atom is 0.251 e. The Bertz CT molecular complexity index is 665. The molecule has 0 spiro atoms. The largest absolute Gasteiger partial charge is 0.495 e. The minimum atomic E-state index is -0.777. The standard InChI is InChI=1S/C16H17NO3S/c1-20-13-6-8-21-15(13)14(18)11-5-4-10-3-2-7-17-16(19)12(10)9-11/h4-6,8-9,14,18H,2-3,7H2,1H3,(H,17,19). The zero-order valence-corrected chi connectivity index (χ0v) is 12.6. The van der Waals surface area contributed by atoms with Gasteiger partial charge < -0.3 is 15.2 Å². The van der Waals surface area contributed by atoms with Crippen LogP contribution in [0.25, 0.3) is 0 Å². The summed E-state index contributed by atoms with van der Waals surface area (Å²) in [5.74, 6) is 0.613. The molecule has 0 saturated heterocycles. The molecule has 0 bridgehead atoms. The van der Waals surface area contributed by atoms with E-state index in [4.69, 9.17) is 4.74 Å². The zero-order valence-electron chi connectivity index (χ0n) is 11.8. The van der Waals surface area contributed by atoms with Crippen molar-refractivity contribution >= 4 is 17.2 Å². The van der Waals surface area contributed by atoms with Crippen LogP contribution >= 0.6 is 11.3 Å². The van der Waals surface area contributed by atoms with Crippen molar-refractivity contribution in [3.05, 3.63) is 51.2 Å². The van der Waals surface area contributed by atoms with E-state index in [1.165, 1.54) is 11.3 Å². The topological polar surface area (TPSA) is 58.6 Å². The Balaban J connectivity index is 1.98. The highest BCUT2D eigenvalue weighted by Gasteiger charge is 2.21. The number of ether oxygens (including phenoxy) is 1. The van der Waals surface area contributed by atoms with Gasteiger partial charge in [0.25, 0.3) is 5.91 Å². The Kier molecular flexibility index (Phi) is 3.94. The van der Waals surface area contributed by atoms with E-state index in [1.54, 1.807) is 13.2 Å². The molecule has 0 saturated carbocycles. The van der Waals surface area contributed by atoms with Crippen LogP contribution in [-0.4, -0.2) is 24.7 Å². The van der Waals surface area contributed by atoms with Crippen LogP contribution in [0.4, 0.5) is 0 Å². The molecule has 0 radical (unpaired) electrons. The number of benzene rings is 1. The van der Waals surface area contributed by atoms with Gasteiger partial charge >= 0.3 is 0 Å². The van der Waals surface area contributed by atoms with Crippen molar-refractivity contribution in [3.63, 3.8) is 0 Å². The first-order valence-corrected chi connectivity index (χ1v) is 7.79. The first-order chi connectivity index (χ1) is 10.2. The lowest BCUT2D eigenvalue weighted by molar-refractivity contribution is 0.0956. The van der Waals surface area contributed by atoms with Crippen LogP contribution in [0.2, 0.25) is 0 Å². The van der Waals surface area contributed by atoms with E-state index in [1.807, 2.05) is 23.6 Å². The molecular formula is C16H17NO3S. The van der Waals surface area contributed by atoms with Crippen molar-refractivity contribution in [3.8, 4) is 5.75 Å². The number of fused-ring (bicyclic) bond motifs is 1. The van der Waals surface area contributed by atoms with Crippen LogP contribution in [0, 0.1) is 0 Å². The molecule has 2 aromatic rings. The van der Waals surface area contributed by atoms with Gasteiger partial charge in [0.1, 0.15) is 11.9 Å². The lowest BCUT2D eigenvalue weighted by Gasteiger charge is -2.14. The third kappa shape index (κ3) is 2.66. The second kappa shape index (κ2) is 5.87. The van der Waals surface area contributed by atoms with E-state index in [0.29, 0.717) is 23.4 Å². The number of carbonyl (C=O) groups excluding carboxylic acids is 1. The number of hydrogen-bond acceptors (Lipinski definition) is 4. The SMILES string of the molecule is COc1ccsc1C(O)c1ccc2c(c1)C(=O)NCCC2. The summed E-state index contributed by atoms with van der Waals surface area (Å²) in [6.45, 7) is 0.699. The quantitative estimate of drug-likeness (QED) is 0.916. The number of aryl methyl sites for hydroxylation is 1. The van der Waals surface area contributed by atoms with Crippen molar-refractivity contribution in [1.82, 2.24) is 5.32 Å². The lowest BCUT2D eigenvalue weighted by Crippen LogP contribution is -2.22. The van der Waals surface area contributed by atoms with Gasteiger partial charge in [-0.05, 0) is 41.5 Å². The van der Waals surface area contributed by atoms with E-state index in [2.05, 4.69) is 5.32 Å². The Morgan fingerprint density at radius 1 is 1.38 bits per heavy atom. The van der Waals surface area contributed by atoms with Crippen molar-refractivity contribution in [2.24, 2.45) is 0 Å². The Morgan fingerprint density at radius 3 is 3.05 bits per heavy atom. The summed E-state index contributed by atoms with van der Waals surface area (Å²) < 4.78 is 5.25. The van der Waals surface area contributed by atoms with Gasteiger partial charge in [0.2, 0.25) is 0 Å². The van der Waals surface area contributed by atoms with Crippen LogP contribution in [0.1, 0.15) is 38.9 Å². The number of nitrogens with one attached hydrogen (secondary N) is 1. The van der Waals surface area contributed by atoms with Gasteiger partial charge in [-0.3, -0.25) is 4.79 Å². The molecule has 2 heterocycles. The van der Waals surface area contributed by atoms with Gasteiger partial charge in [-0.2, -0.15) is 0 Å². The third-order valence-electron chi connectivity index (χ3n) is 3.73. The summed E-state index contributed by atoms with van der Waals surface area (Å²) in [6, 6.07) is 7.46. The second-order valence-corrected chi connectivity index (χ2v) is 5.98. The summed E-state index contributed by atoms with van der Waals surface area (Å²) in [7, 11) is 1.59. The number of rotatable bonds is 3. The number of aliphatic hydroxyl groups excluding tert-OH is 1. The molecule has 21 heavy (non-hydrogen) atoms. The van der Waals surface area contributed by atoms with Gasteiger partial charge in [0.15, 0.2) is 0 Å². The van der Waals surface area contributed by atoms with Gasteiger partial charge in [-0.1, -0.05) is 12.1 Å². The maximum atomic E-state index is 12.1. The fourth-order valence-corrected chi connectivity index (χ4v) is 3.47. The minimum Gasteiger partial charge on any atom is -0.495 e. The number of hydrogen-bond donors (Lipinski definition) is 2. The lowest BCUT2D eigenvalue weighted by atomic mass is 9.98. The molecule has 3 rings (SSSR count). The molecule has 1 unspecified atom stereocenters. The minimum absolute atomic E-state index is 0.0605. The molecule has 1 aromatic carbocycles. The van der Waals surface area contributed by atoms with Crippen LogP contribution in [-0.2, 0) is 6.42 Å². The summed E-state index contributed by atoms with van der Waals surface area (Å²) in [5, 5.41) is 15.3. The Labute approximate surface area is 127 Å². The van der Waals surface area contributed by atoms with Crippen LogP contribution in [0.3, 0.4) is 0 Å². The molecule has 1 aromatic heterocycles. The molecule has 5 heteroatoms. The smallest absolute Gasteiger partial charge is 0.251 e. The van der Waals surface area contributed by atoms with Gasteiger partial charge in [-0.25, -0.2) is 0 Å². The Morgan fingerprint density at radius 2 is 2.24 bits per heavy atom. The highest BCUT2D eigenvalue weighted by atomic mass is 32.1. The van der Waals surface area contributed by atoms with Crippen LogP contribution in [0.15, 0.2) is 29.6 Å². The fourth-order valence-electron chi connectivity index (χ4n) is 2.60. The normalized spacial score (nSPS) is 15.8. The maximum absolute atomic E-state index is 12.1. The van der Waals surface area contributed by atoms with E-state index < -0.39 is 6.10 Å². The first-order valence-electron chi connectivity index (χ1n) is 6.91. The first kappa shape index (κ1) is 14.1.